The first-order valence-corrected chi connectivity index (χ1v) is 10.6. The second-order valence-electron chi connectivity index (χ2n) is 8.72. The standard InChI is InChI=1S/C25H28N2O5/c1-6-32-24(31)17-11-13-18(14-12-17)26-21(28)15-20(23(26)30)27(25(3,4)5)22(29)19-10-8-7-9-16(19)2/h7-14,20H,6,15H2,1-5H3. The summed E-state index contributed by atoms with van der Waals surface area (Å²) in [4.78, 5) is 54.2. The van der Waals surface area contributed by atoms with Crippen LogP contribution in [0.3, 0.4) is 0 Å². The van der Waals surface area contributed by atoms with Crippen LogP contribution in [0.4, 0.5) is 5.69 Å². The molecule has 0 aliphatic carbocycles. The molecule has 0 aromatic heterocycles. The zero-order valence-corrected chi connectivity index (χ0v) is 19.0. The van der Waals surface area contributed by atoms with E-state index in [1.807, 2.05) is 39.8 Å². The van der Waals surface area contributed by atoms with Crippen molar-refractivity contribution in [2.24, 2.45) is 0 Å². The Kier molecular flexibility index (Phi) is 6.48. The van der Waals surface area contributed by atoms with Gasteiger partial charge in [0.05, 0.1) is 24.3 Å². The number of carbonyl (C=O) groups is 4. The van der Waals surface area contributed by atoms with Crippen molar-refractivity contribution >= 4 is 29.4 Å². The lowest BCUT2D eigenvalue weighted by molar-refractivity contribution is -0.123. The van der Waals surface area contributed by atoms with Crippen molar-refractivity contribution in [3.05, 3.63) is 65.2 Å². The number of nitrogens with zero attached hydrogens (tertiary/aromatic N) is 2. The van der Waals surface area contributed by atoms with Crippen molar-refractivity contribution in [2.75, 3.05) is 11.5 Å². The molecule has 1 unspecified atom stereocenters. The van der Waals surface area contributed by atoms with Gasteiger partial charge in [-0.2, -0.15) is 0 Å². The van der Waals surface area contributed by atoms with Crippen LogP contribution in [-0.4, -0.2) is 46.8 Å². The zero-order valence-electron chi connectivity index (χ0n) is 19.0. The van der Waals surface area contributed by atoms with Crippen LogP contribution in [0.2, 0.25) is 0 Å². The lowest BCUT2D eigenvalue weighted by atomic mass is 9.98. The highest BCUT2D eigenvalue weighted by molar-refractivity contribution is 6.23. The maximum Gasteiger partial charge on any atom is 0.338 e. The molecule has 1 aliphatic heterocycles. The molecular weight excluding hydrogens is 408 g/mol. The van der Waals surface area contributed by atoms with Crippen LogP contribution >= 0.6 is 0 Å². The fraction of sp³-hybridized carbons (Fsp3) is 0.360. The van der Waals surface area contributed by atoms with Crippen LogP contribution in [0, 0.1) is 6.92 Å². The predicted molar refractivity (Wildman–Crippen MR) is 120 cm³/mol. The minimum Gasteiger partial charge on any atom is -0.462 e. The number of anilines is 1. The van der Waals surface area contributed by atoms with Crippen LogP contribution < -0.4 is 4.90 Å². The summed E-state index contributed by atoms with van der Waals surface area (Å²) in [5.74, 6) is -1.62. The van der Waals surface area contributed by atoms with Gasteiger partial charge in [0.1, 0.15) is 6.04 Å². The van der Waals surface area contributed by atoms with Gasteiger partial charge in [0.15, 0.2) is 0 Å². The van der Waals surface area contributed by atoms with E-state index < -0.39 is 29.4 Å². The van der Waals surface area contributed by atoms with Gasteiger partial charge in [-0.15, -0.1) is 0 Å². The summed E-state index contributed by atoms with van der Waals surface area (Å²) in [5, 5.41) is 0. The highest BCUT2D eigenvalue weighted by Gasteiger charge is 2.47. The van der Waals surface area contributed by atoms with E-state index in [-0.39, 0.29) is 18.9 Å². The molecule has 0 bridgehead atoms. The van der Waals surface area contributed by atoms with Crippen molar-refractivity contribution in [1.82, 2.24) is 4.90 Å². The fourth-order valence-corrected chi connectivity index (χ4v) is 3.91. The van der Waals surface area contributed by atoms with E-state index in [1.54, 1.807) is 19.1 Å². The molecule has 1 aliphatic rings. The molecule has 0 saturated carbocycles. The van der Waals surface area contributed by atoms with E-state index in [9.17, 15) is 19.2 Å². The maximum absolute atomic E-state index is 13.5. The number of ether oxygens (including phenoxy) is 1. The smallest absolute Gasteiger partial charge is 0.338 e. The largest absolute Gasteiger partial charge is 0.462 e. The van der Waals surface area contributed by atoms with Crippen LogP contribution in [0.15, 0.2) is 48.5 Å². The maximum atomic E-state index is 13.5. The quantitative estimate of drug-likeness (QED) is 0.527. The van der Waals surface area contributed by atoms with Crippen molar-refractivity contribution in [1.29, 1.82) is 0 Å². The van der Waals surface area contributed by atoms with Gasteiger partial charge in [-0.25, -0.2) is 9.69 Å². The normalized spacial score (nSPS) is 16.3. The third-order valence-corrected chi connectivity index (χ3v) is 5.39. The lowest BCUT2D eigenvalue weighted by Crippen LogP contribution is -2.54. The summed E-state index contributed by atoms with van der Waals surface area (Å²) in [5.41, 5.74) is 1.30. The van der Waals surface area contributed by atoms with Gasteiger partial charge in [-0.05, 0) is 70.5 Å². The molecule has 1 fully saturated rings. The van der Waals surface area contributed by atoms with Crippen LogP contribution in [0.25, 0.3) is 0 Å². The van der Waals surface area contributed by atoms with Gasteiger partial charge < -0.3 is 9.64 Å². The van der Waals surface area contributed by atoms with E-state index in [0.29, 0.717) is 16.8 Å². The molecule has 2 aromatic carbocycles. The molecule has 3 rings (SSSR count). The number of benzene rings is 2. The van der Waals surface area contributed by atoms with Crippen molar-refractivity contribution in [2.45, 2.75) is 52.6 Å². The number of aryl methyl sites for hydroxylation is 1. The third-order valence-electron chi connectivity index (χ3n) is 5.39. The average molecular weight is 437 g/mol. The van der Waals surface area contributed by atoms with E-state index in [4.69, 9.17) is 4.74 Å². The number of esters is 1. The Bertz CT molecular complexity index is 1050. The summed E-state index contributed by atoms with van der Waals surface area (Å²) in [6, 6.07) is 12.4. The Morgan fingerprint density at radius 1 is 1.06 bits per heavy atom. The van der Waals surface area contributed by atoms with E-state index in [2.05, 4.69) is 0 Å². The van der Waals surface area contributed by atoms with Gasteiger partial charge in [0.25, 0.3) is 11.8 Å². The first-order valence-electron chi connectivity index (χ1n) is 10.6. The Morgan fingerprint density at radius 2 is 1.69 bits per heavy atom. The van der Waals surface area contributed by atoms with Gasteiger partial charge in [-0.1, -0.05) is 18.2 Å². The second kappa shape index (κ2) is 8.94. The molecule has 3 amide bonds. The van der Waals surface area contributed by atoms with Gasteiger partial charge in [-0.3, -0.25) is 14.4 Å². The van der Waals surface area contributed by atoms with Crippen LogP contribution in [0.5, 0.6) is 0 Å². The van der Waals surface area contributed by atoms with Gasteiger partial charge in [0, 0.05) is 11.1 Å². The minimum absolute atomic E-state index is 0.104. The number of carbonyl (C=O) groups excluding carboxylic acids is 4. The number of hydrogen-bond donors (Lipinski definition) is 0. The van der Waals surface area contributed by atoms with Crippen LogP contribution in [-0.2, 0) is 14.3 Å². The molecule has 0 spiro atoms. The third kappa shape index (κ3) is 4.42. The highest BCUT2D eigenvalue weighted by Crippen LogP contribution is 2.31. The minimum atomic E-state index is -0.917. The first kappa shape index (κ1) is 23.2. The summed E-state index contributed by atoms with van der Waals surface area (Å²) < 4.78 is 4.97. The average Bonchev–Trinajstić information content (AvgIpc) is 3.01. The number of rotatable bonds is 5. The lowest BCUT2D eigenvalue weighted by Gasteiger charge is -2.39. The van der Waals surface area contributed by atoms with E-state index in [1.165, 1.54) is 29.2 Å². The van der Waals surface area contributed by atoms with E-state index in [0.717, 1.165) is 10.5 Å². The monoisotopic (exact) mass is 436 g/mol. The number of hydrogen-bond acceptors (Lipinski definition) is 5. The summed E-state index contributed by atoms with van der Waals surface area (Å²) in [6.45, 7) is 9.34. The fourth-order valence-electron chi connectivity index (χ4n) is 3.91. The van der Waals surface area contributed by atoms with Crippen molar-refractivity contribution in [3.63, 3.8) is 0 Å². The molecule has 0 radical (unpaired) electrons. The summed E-state index contributed by atoms with van der Waals surface area (Å²) in [7, 11) is 0. The van der Waals surface area contributed by atoms with Crippen molar-refractivity contribution < 1.29 is 23.9 Å². The summed E-state index contributed by atoms with van der Waals surface area (Å²) >= 11 is 0. The Labute approximate surface area is 188 Å². The van der Waals surface area contributed by atoms with Gasteiger partial charge in [0.2, 0.25) is 5.91 Å². The molecule has 1 heterocycles. The first-order chi connectivity index (χ1) is 15.1. The summed E-state index contributed by atoms with van der Waals surface area (Å²) in [6.07, 6.45) is -0.104. The molecule has 2 aromatic rings. The Hall–Kier alpha value is -3.48. The molecule has 1 saturated heterocycles. The molecule has 7 nitrogen and oxygen atoms in total. The van der Waals surface area contributed by atoms with Crippen molar-refractivity contribution in [3.8, 4) is 0 Å². The molecule has 7 heteroatoms. The molecule has 168 valence electrons. The molecule has 1 atom stereocenters. The van der Waals surface area contributed by atoms with Gasteiger partial charge >= 0.3 is 5.97 Å². The number of amides is 3. The molecular formula is C25H28N2O5. The SMILES string of the molecule is CCOC(=O)c1ccc(N2C(=O)CC(N(C(=O)c3ccccc3C)C(C)(C)C)C2=O)cc1. The predicted octanol–water partition coefficient (Wildman–Crippen LogP) is 3.74. The second-order valence-corrected chi connectivity index (χ2v) is 8.72. The topological polar surface area (TPSA) is 84.0 Å². The van der Waals surface area contributed by atoms with Crippen LogP contribution in [0.1, 0.15) is 60.4 Å². The molecule has 32 heavy (non-hydrogen) atoms. The molecule has 0 N–H and O–H groups in total. The Morgan fingerprint density at radius 3 is 2.25 bits per heavy atom. The Balaban J connectivity index is 1.92. The number of imide groups is 1. The van der Waals surface area contributed by atoms with E-state index >= 15 is 0 Å². The highest BCUT2D eigenvalue weighted by atomic mass is 16.5. The zero-order chi connectivity index (χ0) is 23.6.